The molecule has 0 unspecified atom stereocenters. The van der Waals surface area contributed by atoms with E-state index in [1.165, 1.54) is 71.6 Å². The summed E-state index contributed by atoms with van der Waals surface area (Å²) < 4.78 is 0. The number of hydrogen-bond acceptors (Lipinski definition) is 3. The molecule has 0 spiro atoms. The van der Waals surface area contributed by atoms with Crippen molar-refractivity contribution in [3.8, 4) is 33.5 Å². The third-order valence-electron chi connectivity index (χ3n) is 11.0. The summed E-state index contributed by atoms with van der Waals surface area (Å²) in [5.74, 6) is 0. The number of fused-ring (bicyclic) bond motifs is 6. The monoisotopic (exact) mass is 679 g/mol. The van der Waals surface area contributed by atoms with Crippen LogP contribution >= 0.6 is 0 Å². The molecule has 1 N–H and O–H groups in total. The lowest BCUT2D eigenvalue weighted by Crippen LogP contribution is -2.12. The summed E-state index contributed by atoms with van der Waals surface area (Å²) in [6.07, 6.45) is 11.5. The molecule has 0 saturated heterocycles. The highest BCUT2D eigenvalue weighted by Gasteiger charge is 2.18. The maximum atomic E-state index is 5.16. The van der Waals surface area contributed by atoms with Crippen molar-refractivity contribution in [3.05, 3.63) is 179 Å². The second-order valence-corrected chi connectivity index (χ2v) is 14.1. The van der Waals surface area contributed by atoms with Crippen molar-refractivity contribution in [3.63, 3.8) is 0 Å². The summed E-state index contributed by atoms with van der Waals surface area (Å²) >= 11 is 0. The second-order valence-electron chi connectivity index (χ2n) is 14.1. The SMILES string of the molecule is CCc1c(-c2ccc(-c3ccc4ccc5c(c4n3)CN=CC=C5)cc2)ccc2ccc(-c3ccc4c(c3)N[C@H](c3cccc5ccccc35)C=C4)cc12. The smallest absolute Gasteiger partial charge is 0.0766 e. The summed E-state index contributed by atoms with van der Waals surface area (Å²) in [7, 11) is 0. The van der Waals surface area contributed by atoms with Gasteiger partial charge in [-0.3, -0.25) is 4.99 Å². The Hall–Kier alpha value is -6.58. The third-order valence-corrected chi connectivity index (χ3v) is 11.0. The summed E-state index contributed by atoms with van der Waals surface area (Å²) in [5.41, 5.74) is 15.5. The minimum atomic E-state index is 0.111. The van der Waals surface area contributed by atoms with Crippen molar-refractivity contribution in [1.82, 2.24) is 4.98 Å². The van der Waals surface area contributed by atoms with Gasteiger partial charge in [0.1, 0.15) is 0 Å². The number of aromatic nitrogens is 1. The third kappa shape index (κ3) is 5.53. The molecule has 0 bridgehead atoms. The second kappa shape index (κ2) is 12.9. The zero-order valence-corrected chi connectivity index (χ0v) is 29.6. The Labute approximate surface area is 309 Å². The van der Waals surface area contributed by atoms with E-state index in [4.69, 9.17) is 4.98 Å². The number of aliphatic imine (C=N–C) groups is 1. The lowest BCUT2D eigenvalue weighted by atomic mass is 9.90. The van der Waals surface area contributed by atoms with Gasteiger partial charge in [0.2, 0.25) is 0 Å². The van der Waals surface area contributed by atoms with Crippen LogP contribution in [0, 0.1) is 0 Å². The van der Waals surface area contributed by atoms with E-state index in [0.717, 1.165) is 34.3 Å². The predicted molar refractivity (Wildman–Crippen MR) is 226 cm³/mol. The quantitative estimate of drug-likeness (QED) is 0.197. The molecule has 3 nitrogen and oxygen atoms in total. The summed E-state index contributed by atoms with van der Waals surface area (Å²) in [6.45, 7) is 2.91. The molecule has 7 aromatic carbocycles. The lowest BCUT2D eigenvalue weighted by molar-refractivity contribution is 0.991. The van der Waals surface area contributed by atoms with E-state index in [1.807, 2.05) is 12.3 Å². The Morgan fingerprint density at radius 2 is 1.36 bits per heavy atom. The van der Waals surface area contributed by atoms with Crippen LogP contribution in [0.4, 0.5) is 5.69 Å². The Balaban J connectivity index is 0.971. The number of aryl methyl sites for hydroxylation is 1. The summed E-state index contributed by atoms with van der Waals surface area (Å²) in [5, 5.41) is 10.1. The van der Waals surface area contributed by atoms with Gasteiger partial charge in [0, 0.05) is 28.4 Å². The van der Waals surface area contributed by atoms with Gasteiger partial charge in [0.25, 0.3) is 0 Å². The first kappa shape index (κ1) is 31.2. The first-order chi connectivity index (χ1) is 26.2. The van der Waals surface area contributed by atoms with E-state index >= 15 is 0 Å². The highest BCUT2D eigenvalue weighted by atomic mass is 14.9. The molecule has 0 radical (unpaired) electrons. The largest absolute Gasteiger partial charge is 0.374 e. The van der Waals surface area contributed by atoms with Gasteiger partial charge in [-0.05, 0) is 96.7 Å². The van der Waals surface area contributed by atoms with Crippen molar-refractivity contribution in [2.75, 3.05) is 5.32 Å². The zero-order chi connectivity index (χ0) is 35.3. The summed E-state index contributed by atoms with van der Waals surface area (Å²) in [6, 6.07) is 51.2. The predicted octanol–water partition coefficient (Wildman–Crippen LogP) is 12.9. The number of nitrogens with zero attached hydrogens (tertiary/aromatic N) is 2. The molecule has 1 atom stereocenters. The van der Waals surface area contributed by atoms with E-state index < -0.39 is 0 Å². The van der Waals surface area contributed by atoms with Crippen LogP contribution in [0.15, 0.2) is 157 Å². The van der Waals surface area contributed by atoms with Crippen molar-refractivity contribution >= 4 is 56.5 Å². The minimum Gasteiger partial charge on any atom is -0.374 e. The van der Waals surface area contributed by atoms with Crippen molar-refractivity contribution in [1.29, 1.82) is 0 Å². The number of allylic oxidation sites excluding steroid dienone is 1. The Morgan fingerprint density at radius 3 is 2.28 bits per heavy atom. The molecule has 10 rings (SSSR count). The number of pyridine rings is 1. The Morgan fingerprint density at radius 1 is 0.623 bits per heavy atom. The molecule has 0 amide bonds. The fourth-order valence-corrected chi connectivity index (χ4v) is 8.26. The number of anilines is 1. The van der Waals surface area contributed by atoms with Crippen LogP contribution in [0.25, 0.3) is 78.1 Å². The van der Waals surface area contributed by atoms with Crippen LogP contribution in [0.1, 0.15) is 40.8 Å². The van der Waals surface area contributed by atoms with Gasteiger partial charge < -0.3 is 5.32 Å². The first-order valence-corrected chi connectivity index (χ1v) is 18.5. The van der Waals surface area contributed by atoms with Crippen molar-refractivity contribution in [2.45, 2.75) is 25.9 Å². The molecule has 0 aliphatic carbocycles. The molecule has 3 heteroatoms. The topological polar surface area (TPSA) is 37.3 Å². The maximum absolute atomic E-state index is 5.16. The molecule has 1 aromatic heterocycles. The van der Waals surface area contributed by atoms with E-state index in [9.17, 15) is 0 Å². The minimum absolute atomic E-state index is 0.111. The molecule has 0 saturated carbocycles. The van der Waals surface area contributed by atoms with Gasteiger partial charge >= 0.3 is 0 Å². The van der Waals surface area contributed by atoms with Crippen LogP contribution in [0.2, 0.25) is 0 Å². The molecule has 8 aromatic rings. The van der Waals surface area contributed by atoms with Gasteiger partial charge in [0.05, 0.1) is 23.8 Å². The normalized spacial score (nSPS) is 14.6. The highest BCUT2D eigenvalue weighted by molar-refractivity contribution is 5.96. The van der Waals surface area contributed by atoms with Crippen LogP contribution in [0.3, 0.4) is 0 Å². The van der Waals surface area contributed by atoms with E-state index in [0.29, 0.717) is 6.54 Å². The van der Waals surface area contributed by atoms with Crippen molar-refractivity contribution in [2.24, 2.45) is 4.99 Å². The van der Waals surface area contributed by atoms with E-state index in [-0.39, 0.29) is 6.04 Å². The van der Waals surface area contributed by atoms with Gasteiger partial charge in [-0.25, -0.2) is 4.98 Å². The molecule has 2 aliphatic heterocycles. The zero-order valence-electron chi connectivity index (χ0n) is 29.6. The molecular weight excluding hydrogens is 643 g/mol. The van der Waals surface area contributed by atoms with Crippen LogP contribution in [-0.4, -0.2) is 11.2 Å². The maximum Gasteiger partial charge on any atom is 0.0766 e. The lowest BCUT2D eigenvalue weighted by Gasteiger charge is -2.24. The molecule has 252 valence electrons. The molecule has 3 heterocycles. The standard InChI is InChI=1S/C50H37N3/c1-2-41-43(34-12-16-36(17-13-34)47-26-24-38-19-14-33-9-6-28-51-31-46(33)50(38)53-47)25-22-35-15-20-39(29-45(35)41)40-21-18-37-23-27-48(52-49(37)30-40)44-11-5-8-32-7-3-4-10-42(32)44/h3-30,48,52H,2,31H2,1H3/t48-/m0/s1. The van der Waals surface area contributed by atoms with Crippen molar-refractivity contribution < 1.29 is 0 Å². The average Bonchev–Trinajstić information content (AvgIpc) is 3.48. The van der Waals surface area contributed by atoms with Crippen LogP contribution in [0.5, 0.6) is 0 Å². The van der Waals surface area contributed by atoms with Gasteiger partial charge in [-0.1, -0.05) is 146 Å². The molecule has 2 aliphatic rings. The van der Waals surface area contributed by atoms with Gasteiger partial charge in [0.15, 0.2) is 0 Å². The molecule has 53 heavy (non-hydrogen) atoms. The molecule has 0 fully saturated rings. The number of rotatable bonds is 5. The highest BCUT2D eigenvalue weighted by Crippen LogP contribution is 2.38. The molecular formula is C50H37N3. The summed E-state index contributed by atoms with van der Waals surface area (Å²) in [4.78, 5) is 9.71. The number of nitrogens with one attached hydrogen (secondary N) is 1. The number of hydrogen-bond donors (Lipinski definition) is 1. The van der Waals surface area contributed by atoms with Crippen LogP contribution < -0.4 is 5.32 Å². The van der Waals surface area contributed by atoms with Crippen LogP contribution in [-0.2, 0) is 13.0 Å². The fraction of sp³-hybridized carbons (Fsp3) is 0.0800. The van der Waals surface area contributed by atoms with E-state index in [1.54, 1.807) is 0 Å². The Kier molecular flexibility index (Phi) is 7.58. The first-order valence-electron chi connectivity index (χ1n) is 18.5. The van der Waals surface area contributed by atoms with Gasteiger partial charge in [-0.2, -0.15) is 0 Å². The Bertz CT molecular complexity index is 2820. The fourth-order valence-electron chi connectivity index (χ4n) is 8.26. The average molecular weight is 680 g/mol. The van der Waals surface area contributed by atoms with E-state index in [2.05, 4.69) is 175 Å². The van der Waals surface area contributed by atoms with Gasteiger partial charge in [-0.15, -0.1) is 0 Å². The number of benzene rings is 7.